The first-order chi connectivity index (χ1) is 5.63. The molecule has 2 unspecified atom stereocenters. The van der Waals surface area contributed by atoms with Gasteiger partial charge in [0.1, 0.15) is 0 Å². The van der Waals surface area contributed by atoms with Gasteiger partial charge in [-0.15, -0.1) is 0 Å². The third kappa shape index (κ3) is 0.831. The summed E-state index contributed by atoms with van der Waals surface area (Å²) >= 11 is 0. The van der Waals surface area contributed by atoms with E-state index < -0.39 is 12.2 Å². The predicted molar refractivity (Wildman–Crippen MR) is 43.8 cm³/mol. The minimum atomic E-state index is -0.857. The number of hydrogen-bond donors (Lipinski definition) is 3. The normalized spacial score (nSPS) is 49.9. The summed E-state index contributed by atoms with van der Waals surface area (Å²) < 4.78 is 0. The smallest absolute Gasteiger partial charge is 0.0849 e. The van der Waals surface area contributed by atoms with E-state index in [2.05, 4.69) is 0 Å². The van der Waals surface area contributed by atoms with E-state index in [9.17, 15) is 10.2 Å². The molecule has 0 aliphatic heterocycles. The van der Waals surface area contributed by atoms with Crippen LogP contribution in [0.1, 0.15) is 12.8 Å². The fourth-order valence-electron chi connectivity index (χ4n) is 2.52. The van der Waals surface area contributed by atoms with Crippen LogP contribution in [0.15, 0.2) is 0 Å². The van der Waals surface area contributed by atoms with Gasteiger partial charge in [0.05, 0.1) is 20.1 Å². The van der Waals surface area contributed by atoms with Crippen LogP contribution >= 0.6 is 0 Å². The van der Waals surface area contributed by atoms with Gasteiger partial charge in [0.2, 0.25) is 0 Å². The molecule has 1 spiro atoms. The second-order valence-corrected chi connectivity index (χ2v) is 4.03. The molecule has 0 aromatic carbocycles. The van der Waals surface area contributed by atoms with E-state index in [0.717, 1.165) is 12.8 Å². The van der Waals surface area contributed by atoms with E-state index in [1.807, 2.05) is 0 Å². The van der Waals surface area contributed by atoms with Crippen LogP contribution in [0.2, 0.25) is 5.82 Å². The summed E-state index contributed by atoms with van der Waals surface area (Å²) in [7, 11) is 5.75. The van der Waals surface area contributed by atoms with E-state index in [0.29, 0.717) is 0 Å². The monoisotopic (exact) mass is 168 g/mol. The van der Waals surface area contributed by atoms with Crippen molar-refractivity contribution >= 4 is 7.85 Å². The third-order valence-corrected chi connectivity index (χ3v) is 3.56. The van der Waals surface area contributed by atoms with Crippen LogP contribution in [0.3, 0.4) is 0 Å². The molecule has 2 fully saturated rings. The highest BCUT2D eigenvalue weighted by atomic mass is 16.3. The standard InChI is InChI=1S/C8H13BO3/c9-7-6(12)5(11)4(3-10)8(7)1-2-8/h4-7,10-12H,1-3H2/t4-,5?,6?,7+/m1/s1. The zero-order chi connectivity index (χ0) is 8.93. The molecule has 2 rings (SSSR count). The van der Waals surface area contributed by atoms with E-state index in [-0.39, 0.29) is 23.8 Å². The zero-order valence-electron chi connectivity index (χ0n) is 6.85. The quantitative estimate of drug-likeness (QED) is 0.443. The average molecular weight is 168 g/mol. The van der Waals surface area contributed by atoms with Crippen LogP contribution in [-0.4, -0.2) is 42.0 Å². The lowest BCUT2D eigenvalue weighted by Gasteiger charge is -2.20. The Morgan fingerprint density at radius 3 is 2.17 bits per heavy atom. The summed E-state index contributed by atoms with van der Waals surface area (Å²) in [6, 6.07) is 0. The van der Waals surface area contributed by atoms with Crippen molar-refractivity contribution in [2.75, 3.05) is 6.61 Å². The molecule has 2 aliphatic carbocycles. The van der Waals surface area contributed by atoms with Crippen molar-refractivity contribution in [3.63, 3.8) is 0 Å². The minimum Gasteiger partial charge on any atom is -0.396 e. The Hall–Kier alpha value is -0.0551. The Morgan fingerprint density at radius 1 is 1.25 bits per heavy atom. The summed E-state index contributed by atoms with van der Waals surface area (Å²) in [4.78, 5) is 0. The number of hydrogen-bond acceptors (Lipinski definition) is 3. The second kappa shape index (κ2) is 2.47. The van der Waals surface area contributed by atoms with Gasteiger partial charge in [0, 0.05) is 12.5 Å². The Bertz CT molecular complexity index is 193. The lowest BCUT2D eigenvalue weighted by atomic mass is 9.73. The third-order valence-electron chi connectivity index (χ3n) is 3.56. The zero-order valence-corrected chi connectivity index (χ0v) is 6.85. The Kier molecular flexibility index (Phi) is 1.76. The topological polar surface area (TPSA) is 60.7 Å². The van der Waals surface area contributed by atoms with Gasteiger partial charge in [-0.25, -0.2) is 0 Å². The van der Waals surface area contributed by atoms with E-state index in [4.69, 9.17) is 13.0 Å². The van der Waals surface area contributed by atoms with Crippen molar-refractivity contribution in [1.82, 2.24) is 0 Å². The first-order valence-corrected chi connectivity index (χ1v) is 4.36. The fraction of sp³-hybridized carbons (Fsp3) is 1.00. The Balaban J connectivity index is 2.23. The van der Waals surface area contributed by atoms with Gasteiger partial charge in [-0.05, 0) is 24.1 Å². The molecule has 0 bridgehead atoms. The summed E-state index contributed by atoms with van der Waals surface area (Å²) in [5.74, 6) is -0.577. The summed E-state index contributed by atoms with van der Waals surface area (Å²) in [6.45, 7) is -0.0775. The van der Waals surface area contributed by atoms with E-state index >= 15 is 0 Å². The Morgan fingerprint density at radius 2 is 1.83 bits per heavy atom. The van der Waals surface area contributed by atoms with Gasteiger partial charge in [-0.3, -0.25) is 0 Å². The van der Waals surface area contributed by atoms with Crippen molar-refractivity contribution in [2.45, 2.75) is 30.9 Å². The van der Waals surface area contributed by atoms with Gasteiger partial charge < -0.3 is 15.3 Å². The van der Waals surface area contributed by atoms with Gasteiger partial charge in [-0.2, -0.15) is 0 Å². The second-order valence-electron chi connectivity index (χ2n) is 4.03. The lowest BCUT2D eigenvalue weighted by molar-refractivity contribution is 0.00226. The van der Waals surface area contributed by atoms with Crippen molar-refractivity contribution in [2.24, 2.45) is 11.3 Å². The molecule has 2 radical (unpaired) electrons. The largest absolute Gasteiger partial charge is 0.396 e. The molecule has 2 saturated carbocycles. The lowest BCUT2D eigenvalue weighted by Crippen LogP contribution is -2.29. The molecule has 0 aromatic heterocycles. The fourth-order valence-corrected chi connectivity index (χ4v) is 2.52. The maximum atomic E-state index is 9.51. The molecular weight excluding hydrogens is 155 g/mol. The molecule has 4 heteroatoms. The molecule has 2 aliphatic rings. The van der Waals surface area contributed by atoms with Crippen LogP contribution in [0.25, 0.3) is 0 Å². The Labute approximate surface area is 72.8 Å². The maximum absolute atomic E-state index is 9.51. The minimum absolute atomic E-state index is 0.0775. The van der Waals surface area contributed by atoms with E-state index in [1.165, 1.54) is 0 Å². The van der Waals surface area contributed by atoms with Crippen LogP contribution in [-0.2, 0) is 0 Å². The predicted octanol–water partition coefficient (Wildman–Crippen LogP) is -0.933. The first kappa shape index (κ1) is 8.54. The molecule has 3 N–H and O–H groups in total. The van der Waals surface area contributed by atoms with Gasteiger partial charge in [0.25, 0.3) is 0 Å². The van der Waals surface area contributed by atoms with E-state index in [1.54, 1.807) is 0 Å². The SMILES string of the molecule is [B][C@H]1C(O)C(O)[C@@H](CO)C12CC2. The molecule has 4 atom stereocenters. The van der Waals surface area contributed by atoms with Crippen LogP contribution < -0.4 is 0 Å². The highest BCUT2D eigenvalue weighted by Gasteiger charge is 2.63. The van der Waals surface area contributed by atoms with Crippen LogP contribution in [0.5, 0.6) is 0 Å². The van der Waals surface area contributed by atoms with Crippen molar-refractivity contribution in [3.05, 3.63) is 0 Å². The van der Waals surface area contributed by atoms with Gasteiger partial charge >= 0.3 is 0 Å². The molecule has 12 heavy (non-hydrogen) atoms. The van der Waals surface area contributed by atoms with Crippen molar-refractivity contribution in [3.8, 4) is 0 Å². The summed E-state index contributed by atoms with van der Waals surface area (Å²) in [5.41, 5.74) is -0.159. The number of rotatable bonds is 1. The molecule has 66 valence electrons. The summed E-state index contributed by atoms with van der Waals surface area (Å²) in [6.07, 6.45) is 0.151. The van der Waals surface area contributed by atoms with Gasteiger partial charge in [-0.1, -0.05) is 0 Å². The highest BCUT2D eigenvalue weighted by Crippen LogP contribution is 2.65. The average Bonchev–Trinajstić information content (AvgIpc) is 2.81. The maximum Gasteiger partial charge on any atom is 0.0849 e. The van der Waals surface area contributed by atoms with Crippen molar-refractivity contribution in [1.29, 1.82) is 0 Å². The van der Waals surface area contributed by atoms with Crippen molar-refractivity contribution < 1.29 is 15.3 Å². The molecule has 3 nitrogen and oxygen atoms in total. The van der Waals surface area contributed by atoms with Crippen LogP contribution in [0, 0.1) is 11.3 Å². The van der Waals surface area contributed by atoms with Gasteiger partial charge in [0.15, 0.2) is 0 Å². The molecule has 0 saturated heterocycles. The highest BCUT2D eigenvalue weighted by molar-refractivity contribution is 6.13. The molecular formula is C8H13BO3. The number of aliphatic hydroxyl groups is 3. The molecule has 0 aromatic rings. The molecule has 0 heterocycles. The van der Waals surface area contributed by atoms with Crippen LogP contribution in [0.4, 0.5) is 0 Å². The molecule has 0 amide bonds. The summed E-state index contributed by atoms with van der Waals surface area (Å²) in [5, 5.41) is 28.0. The number of aliphatic hydroxyl groups excluding tert-OH is 3. The first-order valence-electron chi connectivity index (χ1n) is 4.36.